The van der Waals surface area contributed by atoms with Gasteiger partial charge in [0, 0.05) is 45.1 Å². The van der Waals surface area contributed by atoms with Crippen molar-refractivity contribution in [2.24, 2.45) is 5.92 Å². The second kappa shape index (κ2) is 19.8. The van der Waals surface area contributed by atoms with Crippen LogP contribution < -0.4 is 0 Å². The number of aliphatic carboxylic acids is 1. The zero-order valence-electron chi connectivity index (χ0n) is 34.2. The van der Waals surface area contributed by atoms with Crippen LogP contribution in [0.4, 0.5) is 0 Å². The molecule has 0 bridgehead atoms. The number of nitriles is 1. The quantitative estimate of drug-likeness (QED) is 0.0650. The van der Waals surface area contributed by atoms with Gasteiger partial charge in [0.15, 0.2) is 0 Å². The molecule has 8 aromatic rings. The number of thiophene rings is 5. The molecule has 3 nitrogen and oxygen atoms in total. The van der Waals surface area contributed by atoms with Gasteiger partial charge in [-0.15, -0.1) is 56.7 Å². The lowest BCUT2D eigenvalue weighted by atomic mass is 9.95. The third-order valence-corrected chi connectivity index (χ3v) is 17.6. The number of carbonyl (C=O) groups is 1. The van der Waals surface area contributed by atoms with Gasteiger partial charge in [-0.1, -0.05) is 137 Å². The van der Waals surface area contributed by atoms with Crippen molar-refractivity contribution in [2.75, 3.05) is 0 Å². The fraction of sp³-hybridized carbons (Fsp3) is 0.269. The lowest BCUT2D eigenvalue weighted by Crippen LogP contribution is -2.13. The molecule has 0 spiro atoms. The summed E-state index contributed by atoms with van der Waals surface area (Å²) in [6.45, 7) is 4.56. The topological polar surface area (TPSA) is 61.1 Å². The van der Waals surface area contributed by atoms with Crippen LogP contribution in [0.5, 0.6) is 0 Å². The highest BCUT2D eigenvalue weighted by Gasteiger charge is 2.23. The first-order valence-corrected chi connectivity index (χ1v) is 25.3. The Balaban J connectivity index is 1.14. The standard InChI is InChI=1S/C52H49NO2S5/c1-3-5-7-11-21-38-30-45(60-48(38)37-25-23-34(24-26-37)27-42(35-17-13-9-14-18-35)36-19-15-10-16-20-36)49-39(22-12-8-6-4-2)29-43(58-49)44-32-47-51(59-44)50-46(57-47)31-41(56-50)28-40(33-53)52(54)55/h9-10,13-20,23-27,29-32,40H,3-8,11-12,21-22,28H2,1-2H3,(H,54,55). The number of carboxylic acids is 1. The van der Waals surface area contributed by atoms with Crippen LogP contribution in [0.2, 0.25) is 0 Å². The smallest absolute Gasteiger partial charge is 0.321 e. The van der Waals surface area contributed by atoms with E-state index in [4.69, 9.17) is 0 Å². The molecule has 8 rings (SSSR count). The number of nitrogens with zero attached hydrogens (tertiary/aromatic N) is 1. The lowest BCUT2D eigenvalue weighted by Gasteiger charge is -2.10. The molecule has 1 unspecified atom stereocenters. The zero-order valence-corrected chi connectivity index (χ0v) is 38.3. The average molecular weight is 880 g/mol. The van der Waals surface area contributed by atoms with Crippen LogP contribution in [-0.2, 0) is 24.1 Å². The van der Waals surface area contributed by atoms with Crippen molar-refractivity contribution in [3.63, 3.8) is 0 Å². The molecular formula is C52H49NO2S5. The monoisotopic (exact) mass is 879 g/mol. The Kier molecular flexibility index (Phi) is 13.9. The molecule has 8 heteroatoms. The Labute approximate surface area is 374 Å². The molecule has 0 radical (unpaired) electrons. The van der Waals surface area contributed by atoms with Crippen molar-refractivity contribution in [1.29, 1.82) is 5.26 Å². The van der Waals surface area contributed by atoms with Gasteiger partial charge in [-0.3, -0.25) is 4.79 Å². The SMILES string of the molecule is CCCCCCc1cc(-c2sc(-c3cc4sc5cc(CC(C#N)C(=O)O)sc5c4s3)cc2CCCCCC)sc1-c1ccc(C=C(c2ccccc2)c2ccccc2)cc1. The minimum absolute atomic E-state index is 0.251. The number of carboxylic acid groups (broad SMARTS) is 1. The summed E-state index contributed by atoms with van der Waals surface area (Å²) in [5.74, 6) is -2.07. The summed E-state index contributed by atoms with van der Waals surface area (Å²) in [6, 6.07) is 42.0. The summed E-state index contributed by atoms with van der Waals surface area (Å²) in [7, 11) is 0. The summed E-state index contributed by atoms with van der Waals surface area (Å²) >= 11 is 9.19. The molecule has 304 valence electrons. The maximum absolute atomic E-state index is 11.6. The summed E-state index contributed by atoms with van der Waals surface area (Å²) in [6.07, 6.45) is 14.6. The second-order valence-electron chi connectivity index (χ2n) is 15.5. The van der Waals surface area contributed by atoms with E-state index in [0.717, 1.165) is 17.7 Å². The van der Waals surface area contributed by atoms with E-state index in [1.54, 1.807) is 22.7 Å². The highest BCUT2D eigenvalue weighted by atomic mass is 32.1. The molecule has 60 heavy (non-hydrogen) atoms. The molecular weight excluding hydrogens is 831 g/mol. The Bertz CT molecular complexity index is 2710. The van der Waals surface area contributed by atoms with Gasteiger partial charge in [0.1, 0.15) is 5.92 Å². The van der Waals surface area contributed by atoms with Gasteiger partial charge in [0.05, 0.1) is 15.5 Å². The normalized spacial score (nSPS) is 11.9. The van der Waals surface area contributed by atoms with Gasteiger partial charge < -0.3 is 5.11 Å². The first-order chi connectivity index (χ1) is 29.4. The summed E-state index contributed by atoms with van der Waals surface area (Å²) in [4.78, 5) is 19.3. The van der Waals surface area contributed by atoms with E-state index in [-0.39, 0.29) is 6.42 Å². The summed E-state index contributed by atoms with van der Waals surface area (Å²) < 4.78 is 4.95. The molecule has 0 aliphatic carbocycles. The Morgan fingerprint density at radius 1 is 0.633 bits per heavy atom. The molecule has 3 aromatic carbocycles. The third kappa shape index (κ3) is 9.62. The molecule has 0 fully saturated rings. The van der Waals surface area contributed by atoms with Gasteiger partial charge in [0.25, 0.3) is 0 Å². The number of unbranched alkanes of at least 4 members (excludes halogenated alkanes) is 6. The Morgan fingerprint density at radius 3 is 1.82 bits per heavy atom. The van der Waals surface area contributed by atoms with Crippen molar-refractivity contribution in [2.45, 2.75) is 84.5 Å². The van der Waals surface area contributed by atoms with Gasteiger partial charge in [-0.25, -0.2) is 0 Å². The summed E-state index contributed by atoms with van der Waals surface area (Å²) in [5.41, 5.74) is 9.05. The maximum atomic E-state index is 11.6. The highest BCUT2D eigenvalue weighted by Crippen LogP contribution is 2.50. The van der Waals surface area contributed by atoms with E-state index in [0.29, 0.717) is 0 Å². The molecule has 0 aliphatic heterocycles. The van der Waals surface area contributed by atoms with Crippen molar-refractivity contribution < 1.29 is 9.90 Å². The van der Waals surface area contributed by atoms with E-state index < -0.39 is 11.9 Å². The number of hydrogen-bond acceptors (Lipinski definition) is 7. The third-order valence-electron chi connectivity index (χ3n) is 11.1. The number of rotatable bonds is 19. The average Bonchev–Trinajstić information content (AvgIpc) is 4.11. The molecule has 0 saturated heterocycles. The number of hydrogen-bond donors (Lipinski definition) is 1. The fourth-order valence-electron chi connectivity index (χ4n) is 7.86. The van der Waals surface area contributed by atoms with E-state index in [1.807, 2.05) is 40.1 Å². The van der Waals surface area contributed by atoms with Crippen LogP contribution in [-0.4, -0.2) is 11.1 Å². The first kappa shape index (κ1) is 42.1. The Morgan fingerprint density at radius 2 is 1.20 bits per heavy atom. The molecule has 1 N–H and O–H groups in total. The van der Waals surface area contributed by atoms with Gasteiger partial charge in [-0.2, -0.15) is 5.26 Å². The predicted octanol–water partition coefficient (Wildman–Crippen LogP) is 16.9. The lowest BCUT2D eigenvalue weighted by molar-refractivity contribution is -0.139. The van der Waals surface area contributed by atoms with Gasteiger partial charge >= 0.3 is 5.97 Å². The van der Waals surface area contributed by atoms with Crippen LogP contribution in [0, 0.1) is 17.2 Å². The van der Waals surface area contributed by atoms with Gasteiger partial charge in [0.2, 0.25) is 0 Å². The zero-order chi connectivity index (χ0) is 41.4. The van der Waals surface area contributed by atoms with Crippen molar-refractivity contribution >= 4 is 93.1 Å². The first-order valence-electron chi connectivity index (χ1n) is 21.2. The fourth-order valence-corrected chi connectivity index (χ4v) is 14.6. The number of fused-ring (bicyclic) bond motifs is 3. The van der Waals surface area contributed by atoms with Crippen LogP contribution in [0.1, 0.15) is 97.9 Å². The van der Waals surface area contributed by atoms with E-state index in [2.05, 4.69) is 129 Å². The highest BCUT2D eigenvalue weighted by molar-refractivity contribution is 7.40. The minimum atomic E-state index is -1.05. The molecule has 1 atom stereocenters. The predicted molar refractivity (Wildman–Crippen MR) is 263 cm³/mol. The maximum Gasteiger partial charge on any atom is 0.321 e. The molecule has 5 heterocycles. The largest absolute Gasteiger partial charge is 0.480 e. The number of aryl methyl sites for hydroxylation is 2. The van der Waals surface area contributed by atoms with Crippen LogP contribution >= 0.6 is 56.7 Å². The van der Waals surface area contributed by atoms with Crippen LogP contribution in [0.25, 0.3) is 60.4 Å². The van der Waals surface area contributed by atoms with E-state index in [9.17, 15) is 15.2 Å². The van der Waals surface area contributed by atoms with Crippen molar-refractivity contribution in [3.8, 4) is 36.0 Å². The molecule has 5 aromatic heterocycles. The van der Waals surface area contributed by atoms with Crippen LogP contribution in [0.15, 0.2) is 109 Å². The second-order valence-corrected chi connectivity index (χ2v) is 20.9. The van der Waals surface area contributed by atoms with E-state index in [1.165, 1.54) is 134 Å². The van der Waals surface area contributed by atoms with Crippen LogP contribution in [0.3, 0.4) is 0 Å². The van der Waals surface area contributed by atoms with Crippen molar-refractivity contribution in [1.82, 2.24) is 0 Å². The Hall–Kier alpha value is -4.62. The number of benzene rings is 3. The van der Waals surface area contributed by atoms with Gasteiger partial charge in [-0.05, 0) is 95.0 Å². The molecule has 0 amide bonds. The molecule has 0 aliphatic rings. The van der Waals surface area contributed by atoms with E-state index >= 15 is 0 Å². The summed E-state index contributed by atoms with van der Waals surface area (Å²) in [5, 5.41) is 18.9. The van der Waals surface area contributed by atoms with Crippen molar-refractivity contribution in [3.05, 3.63) is 142 Å². The molecule has 0 saturated carbocycles. The minimum Gasteiger partial charge on any atom is -0.480 e.